The Morgan fingerprint density at radius 2 is 1.52 bits per heavy atom. The molecule has 1 nitrogen and oxygen atoms in total. The molecule has 1 aliphatic carbocycles. The van der Waals surface area contributed by atoms with E-state index in [9.17, 15) is 5.11 Å². The fraction of sp³-hybridized carbons (Fsp3) is 0.474. The van der Waals surface area contributed by atoms with Crippen LogP contribution in [0.2, 0.25) is 0 Å². The average molecular weight is 390 g/mol. The Kier molecular flexibility index (Phi) is 13.7. The fourth-order valence-electron chi connectivity index (χ4n) is 1.89. The third-order valence-corrected chi connectivity index (χ3v) is 3.22. The number of allylic oxidation sites excluding steroid dienone is 4. The number of rotatable bonds is 0. The van der Waals surface area contributed by atoms with Gasteiger partial charge in [0.15, 0.2) is 0 Å². The molecule has 130 valence electrons. The standard InChI is InChI=1S/C10H14O.C9H13.2ClH.Ti/c1-10(2,3)8-5-4-6-9(11)7-8;1-9(2,3)8-6-4-5-7-8;;;/h4-7,11H,1-3H3;4,6H,5H2,1-3H3;2*1H;/q;-1;;;/p-2. The molecule has 23 heavy (non-hydrogen) atoms. The third kappa shape index (κ3) is 10.3. The second-order valence-corrected chi connectivity index (χ2v) is 7.25. The minimum Gasteiger partial charge on any atom is -1.00 e. The summed E-state index contributed by atoms with van der Waals surface area (Å²) in [5, 5.41) is 9.18. The van der Waals surface area contributed by atoms with Crippen LogP contribution in [0.3, 0.4) is 0 Å². The molecule has 0 aromatic heterocycles. The summed E-state index contributed by atoms with van der Waals surface area (Å²) in [4.78, 5) is 0. The summed E-state index contributed by atoms with van der Waals surface area (Å²) in [5.41, 5.74) is 2.94. The number of phenolic OH excluding ortho intramolecular Hbond substituents is 1. The molecule has 0 aliphatic heterocycles. The Morgan fingerprint density at radius 1 is 0.957 bits per heavy atom. The average Bonchev–Trinajstić information content (AvgIpc) is 2.81. The molecule has 1 aromatic carbocycles. The number of benzene rings is 1. The van der Waals surface area contributed by atoms with E-state index in [0.29, 0.717) is 11.2 Å². The van der Waals surface area contributed by atoms with Crippen LogP contribution in [0.25, 0.3) is 0 Å². The van der Waals surface area contributed by atoms with E-state index in [-0.39, 0.29) is 51.9 Å². The maximum atomic E-state index is 9.18. The van der Waals surface area contributed by atoms with E-state index in [1.54, 1.807) is 12.1 Å². The van der Waals surface area contributed by atoms with Gasteiger partial charge >= 0.3 is 0 Å². The predicted octanol–water partition coefficient (Wildman–Crippen LogP) is -0.583. The van der Waals surface area contributed by atoms with Crippen LogP contribution in [-0.2, 0) is 27.1 Å². The van der Waals surface area contributed by atoms with Crippen LogP contribution in [0.15, 0.2) is 42.0 Å². The van der Waals surface area contributed by atoms with Gasteiger partial charge in [-0.15, -0.1) is 6.42 Å². The molecule has 4 heteroatoms. The molecule has 0 bridgehead atoms. The molecule has 1 aromatic rings. The second kappa shape index (κ2) is 11.4. The van der Waals surface area contributed by atoms with Crippen LogP contribution in [-0.4, -0.2) is 5.11 Å². The van der Waals surface area contributed by atoms with E-state index in [2.05, 4.69) is 59.8 Å². The SMILES string of the molecule is CC(C)(C)C1=[C-]CC=C1.CC(C)(C)c1cccc(O)c1.[Cl-].[Cl-].[Ti]. The molecule has 0 fully saturated rings. The van der Waals surface area contributed by atoms with Crippen molar-refractivity contribution in [1.82, 2.24) is 0 Å². The first-order valence-electron chi connectivity index (χ1n) is 7.18. The van der Waals surface area contributed by atoms with Gasteiger partial charge in [-0.25, -0.2) is 11.6 Å². The minimum atomic E-state index is 0. The van der Waals surface area contributed by atoms with Crippen molar-refractivity contribution in [3.8, 4) is 5.75 Å². The zero-order chi connectivity index (χ0) is 15.4. The second-order valence-electron chi connectivity index (χ2n) is 7.25. The Morgan fingerprint density at radius 3 is 1.78 bits per heavy atom. The molecular weight excluding hydrogens is 363 g/mol. The molecule has 0 spiro atoms. The number of halogens is 2. The van der Waals surface area contributed by atoms with E-state index < -0.39 is 0 Å². The topological polar surface area (TPSA) is 20.2 Å². The quantitative estimate of drug-likeness (QED) is 0.464. The molecule has 0 radical (unpaired) electrons. The molecular formula is C19H27Cl2OTi-3. The van der Waals surface area contributed by atoms with Crippen LogP contribution in [0, 0.1) is 11.5 Å². The molecule has 0 saturated heterocycles. The van der Waals surface area contributed by atoms with Crippen LogP contribution >= 0.6 is 0 Å². The van der Waals surface area contributed by atoms with Crippen molar-refractivity contribution in [1.29, 1.82) is 0 Å². The van der Waals surface area contributed by atoms with Gasteiger partial charge in [0, 0.05) is 21.7 Å². The van der Waals surface area contributed by atoms with Gasteiger partial charge in [0.2, 0.25) is 0 Å². The molecule has 1 aliphatic rings. The van der Waals surface area contributed by atoms with Gasteiger partial charge < -0.3 is 29.9 Å². The predicted molar refractivity (Wildman–Crippen MR) is 86.8 cm³/mol. The van der Waals surface area contributed by atoms with Crippen molar-refractivity contribution >= 4 is 0 Å². The summed E-state index contributed by atoms with van der Waals surface area (Å²) in [6.45, 7) is 13.0. The van der Waals surface area contributed by atoms with Gasteiger partial charge in [0.1, 0.15) is 5.75 Å². The Labute approximate surface area is 169 Å². The van der Waals surface area contributed by atoms with Gasteiger partial charge in [-0.1, -0.05) is 53.7 Å². The number of phenols is 1. The molecule has 1 N–H and O–H groups in total. The normalized spacial score (nSPS) is 12.7. The van der Waals surface area contributed by atoms with Crippen LogP contribution in [0.1, 0.15) is 53.5 Å². The van der Waals surface area contributed by atoms with Gasteiger partial charge in [-0.3, -0.25) is 6.08 Å². The summed E-state index contributed by atoms with van der Waals surface area (Å²) in [6.07, 6.45) is 8.63. The molecule has 0 heterocycles. The van der Waals surface area contributed by atoms with Gasteiger partial charge in [-0.2, -0.15) is 6.08 Å². The molecule has 0 unspecified atom stereocenters. The first-order chi connectivity index (χ1) is 9.10. The van der Waals surface area contributed by atoms with Crippen molar-refractivity contribution in [3.05, 3.63) is 53.6 Å². The first-order valence-corrected chi connectivity index (χ1v) is 7.18. The van der Waals surface area contributed by atoms with Crippen molar-refractivity contribution in [3.63, 3.8) is 0 Å². The van der Waals surface area contributed by atoms with Crippen LogP contribution < -0.4 is 24.8 Å². The molecule has 0 amide bonds. The summed E-state index contributed by atoms with van der Waals surface area (Å²) in [6, 6.07) is 7.39. The van der Waals surface area contributed by atoms with E-state index in [4.69, 9.17) is 0 Å². The van der Waals surface area contributed by atoms with E-state index in [1.807, 2.05) is 12.1 Å². The maximum Gasteiger partial charge on any atom is 0.115 e. The zero-order valence-electron chi connectivity index (χ0n) is 14.9. The number of hydrogen-bond donors (Lipinski definition) is 1. The van der Waals surface area contributed by atoms with Gasteiger partial charge in [0.25, 0.3) is 0 Å². The monoisotopic (exact) mass is 389 g/mol. The van der Waals surface area contributed by atoms with E-state index in [0.717, 1.165) is 12.0 Å². The molecule has 0 saturated carbocycles. The van der Waals surface area contributed by atoms with E-state index in [1.165, 1.54) is 5.57 Å². The summed E-state index contributed by atoms with van der Waals surface area (Å²) in [5.74, 6) is 0.345. The zero-order valence-corrected chi connectivity index (χ0v) is 17.9. The largest absolute Gasteiger partial charge is 1.00 e. The summed E-state index contributed by atoms with van der Waals surface area (Å²) < 4.78 is 0. The van der Waals surface area contributed by atoms with Crippen LogP contribution in [0.4, 0.5) is 0 Å². The summed E-state index contributed by atoms with van der Waals surface area (Å²) >= 11 is 0. The molecule has 2 rings (SSSR count). The Bertz CT molecular complexity index is 509. The van der Waals surface area contributed by atoms with Crippen molar-refractivity contribution in [2.24, 2.45) is 5.41 Å². The number of aromatic hydroxyl groups is 1. The van der Waals surface area contributed by atoms with Gasteiger partial charge in [0.05, 0.1) is 0 Å². The Balaban J connectivity index is -0.000000312. The number of hydrogen-bond acceptors (Lipinski definition) is 1. The van der Waals surface area contributed by atoms with Crippen molar-refractivity contribution in [2.45, 2.75) is 53.4 Å². The third-order valence-electron chi connectivity index (χ3n) is 3.22. The first kappa shape index (κ1) is 27.6. The maximum absolute atomic E-state index is 9.18. The van der Waals surface area contributed by atoms with Gasteiger partial charge in [-0.05, 0) is 28.5 Å². The van der Waals surface area contributed by atoms with Crippen molar-refractivity contribution in [2.75, 3.05) is 0 Å². The smallest absolute Gasteiger partial charge is 0.115 e. The Hall–Kier alpha value is -0.206. The molecule has 0 atom stereocenters. The fourth-order valence-corrected chi connectivity index (χ4v) is 1.89. The summed E-state index contributed by atoms with van der Waals surface area (Å²) in [7, 11) is 0. The van der Waals surface area contributed by atoms with E-state index >= 15 is 0 Å². The van der Waals surface area contributed by atoms with Crippen molar-refractivity contribution < 1.29 is 51.6 Å². The minimum absolute atomic E-state index is 0. The van der Waals surface area contributed by atoms with Crippen LogP contribution in [0.5, 0.6) is 5.75 Å².